The van der Waals surface area contributed by atoms with E-state index in [1.54, 1.807) is 0 Å². The lowest BCUT2D eigenvalue weighted by molar-refractivity contribution is -0.249. The second-order valence-electron chi connectivity index (χ2n) is 17.3. The highest BCUT2D eigenvalue weighted by atomic mass is 16.6. The van der Waals surface area contributed by atoms with Gasteiger partial charge in [0.2, 0.25) is 5.91 Å². The van der Waals surface area contributed by atoms with Gasteiger partial charge < -0.3 is 35.6 Å². The first-order valence-corrected chi connectivity index (χ1v) is 24.0. The maximum Gasteiger partial charge on any atom is 0.335 e. The third-order valence-electron chi connectivity index (χ3n) is 12.0. The van der Waals surface area contributed by atoms with Crippen LogP contribution in [-0.4, -0.2) is 82.9 Å². The molecule has 2 heterocycles. The van der Waals surface area contributed by atoms with Crippen LogP contribution in [0.5, 0.6) is 0 Å². The van der Waals surface area contributed by atoms with E-state index in [0.717, 1.165) is 43.2 Å². The van der Waals surface area contributed by atoms with E-state index in [2.05, 4.69) is 29.5 Å². The Balaban J connectivity index is 1.77. The summed E-state index contributed by atoms with van der Waals surface area (Å²) in [6, 6.07) is -0.875. The predicted molar refractivity (Wildman–Crippen MR) is 230 cm³/mol. The fourth-order valence-electron chi connectivity index (χ4n) is 8.18. The number of nitrogens with zero attached hydrogens (tertiary/aromatic N) is 3. The van der Waals surface area contributed by atoms with Gasteiger partial charge in [0.05, 0.1) is 12.3 Å². The fourth-order valence-corrected chi connectivity index (χ4v) is 8.18. The molecule has 7 atom stereocenters. The molecule has 1 fully saturated rings. The van der Waals surface area contributed by atoms with E-state index in [4.69, 9.17) is 4.74 Å². The summed E-state index contributed by atoms with van der Waals surface area (Å²) in [5, 5.41) is 63.0. The van der Waals surface area contributed by atoms with Gasteiger partial charge in [0.15, 0.2) is 12.3 Å². The van der Waals surface area contributed by atoms with Gasteiger partial charge in [-0.1, -0.05) is 212 Å². The molecule has 58 heavy (non-hydrogen) atoms. The van der Waals surface area contributed by atoms with E-state index < -0.39 is 48.8 Å². The van der Waals surface area contributed by atoms with Crippen LogP contribution in [0.25, 0.3) is 0 Å². The first-order valence-electron chi connectivity index (χ1n) is 24.0. The molecule has 1 aromatic rings. The summed E-state index contributed by atoms with van der Waals surface area (Å²) >= 11 is 0. The van der Waals surface area contributed by atoms with Crippen molar-refractivity contribution in [3.05, 3.63) is 11.9 Å². The number of amides is 1. The number of carbonyl (C=O) groups excluding carboxylic acids is 1. The van der Waals surface area contributed by atoms with E-state index in [1.165, 1.54) is 167 Å². The summed E-state index contributed by atoms with van der Waals surface area (Å²) in [6.07, 6.45) is 31.3. The molecule has 6 N–H and O–H groups in total. The number of unbranched alkanes of at least 4 members (excludes halogenated alkanes) is 29. The van der Waals surface area contributed by atoms with Crippen LogP contribution in [-0.2, 0) is 14.3 Å². The van der Waals surface area contributed by atoms with Gasteiger partial charge in [-0.05, 0) is 12.8 Å². The molecule has 0 bridgehead atoms. The van der Waals surface area contributed by atoms with E-state index in [-0.39, 0.29) is 11.6 Å². The highest BCUT2D eigenvalue weighted by Gasteiger charge is 2.48. The molecule has 12 heteroatoms. The van der Waals surface area contributed by atoms with Crippen LogP contribution < -0.4 is 5.32 Å². The summed E-state index contributed by atoms with van der Waals surface area (Å²) < 4.78 is 6.48. The third-order valence-corrected chi connectivity index (χ3v) is 12.0. The normalized spacial score (nSPS) is 20.6. The SMILES string of the molecule is CCCCCCCCCCCCCCCCCCC(=O)N[C@@H](c1cn([C@H]2O[C@H](C(=O)O)[C@H](O)[C@H](O)[C@H]2O)nn1)[C@H](O)CCCCCCCCCCCCCCCCC. The first kappa shape index (κ1) is 52.0. The summed E-state index contributed by atoms with van der Waals surface area (Å²) in [7, 11) is 0. The largest absolute Gasteiger partial charge is 0.479 e. The Morgan fingerprint density at radius 1 is 0.621 bits per heavy atom. The minimum atomic E-state index is -1.83. The second-order valence-corrected chi connectivity index (χ2v) is 17.3. The number of aliphatic hydroxyl groups excluding tert-OH is 4. The smallest absolute Gasteiger partial charge is 0.335 e. The van der Waals surface area contributed by atoms with Crippen molar-refractivity contribution in [2.24, 2.45) is 0 Å². The van der Waals surface area contributed by atoms with Crippen molar-refractivity contribution in [2.45, 2.75) is 269 Å². The van der Waals surface area contributed by atoms with Gasteiger partial charge in [0, 0.05) is 6.42 Å². The van der Waals surface area contributed by atoms with Crippen LogP contribution in [0.2, 0.25) is 0 Å². The molecule has 0 radical (unpaired) electrons. The average Bonchev–Trinajstić information content (AvgIpc) is 3.70. The number of aliphatic hydroxyl groups is 4. The molecule has 0 aromatic carbocycles. The van der Waals surface area contributed by atoms with Crippen LogP contribution in [0.15, 0.2) is 6.20 Å². The lowest BCUT2D eigenvalue weighted by Crippen LogP contribution is -2.57. The molecule has 2 rings (SSSR count). The molecule has 1 saturated heterocycles. The Morgan fingerprint density at radius 3 is 1.43 bits per heavy atom. The number of aliphatic carboxylic acids is 1. The molecular weight excluding hydrogens is 737 g/mol. The van der Waals surface area contributed by atoms with Gasteiger partial charge in [-0.2, -0.15) is 0 Å². The fraction of sp³-hybridized carbons (Fsp3) is 0.913. The molecule has 1 aliphatic rings. The van der Waals surface area contributed by atoms with E-state index in [1.807, 2.05) is 0 Å². The summed E-state index contributed by atoms with van der Waals surface area (Å²) in [5.41, 5.74) is 0.233. The zero-order valence-electron chi connectivity index (χ0n) is 36.8. The molecule has 0 spiro atoms. The van der Waals surface area contributed by atoms with E-state index in [9.17, 15) is 35.1 Å². The minimum Gasteiger partial charge on any atom is -0.479 e. The maximum absolute atomic E-state index is 13.2. The van der Waals surface area contributed by atoms with E-state index >= 15 is 0 Å². The van der Waals surface area contributed by atoms with Crippen molar-refractivity contribution in [3.8, 4) is 0 Å². The molecule has 1 aromatic heterocycles. The van der Waals surface area contributed by atoms with Crippen molar-refractivity contribution < 1.29 is 39.9 Å². The molecule has 1 aliphatic heterocycles. The van der Waals surface area contributed by atoms with Crippen molar-refractivity contribution >= 4 is 11.9 Å². The summed E-state index contributed by atoms with van der Waals surface area (Å²) in [5.74, 6) is -1.69. The Labute approximate surface area is 351 Å². The topological polar surface area (TPSA) is 187 Å². The maximum atomic E-state index is 13.2. The first-order chi connectivity index (χ1) is 28.2. The predicted octanol–water partition coefficient (Wildman–Crippen LogP) is 9.77. The molecule has 0 aliphatic carbocycles. The van der Waals surface area contributed by atoms with E-state index in [0.29, 0.717) is 12.8 Å². The average molecular weight is 823 g/mol. The number of rotatable bonds is 38. The second kappa shape index (κ2) is 33.6. The van der Waals surface area contributed by atoms with Crippen LogP contribution in [0, 0.1) is 0 Å². The number of aromatic nitrogens is 3. The zero-order chi connectivity index (χ0) is 42.2. The quantitative estimate of drug-likeness (QED) is 0.0351. The Hall–Kier alpha value is -2.12. The summed E-state index contributed by atoms with van der Waals surface area (Å²) in [6.45, 7) is 4.52. The molecule has 338 valence electrons. The lowest BCUT2D eigenvalue weighted by atomic mass is 9.98. The Morgan fingerprint density at radius 2 is 1.02 bits per heavy atom. The number of ether oxygens (including phenoxy) is 1. The standard InChI is InChI=1S/C46H86N4O8/c1-3-5-7-9-11-13-15-17-19-21-23-25-27-29-31-33-35-39(52)47-40(37-36-50(49-48-37)45-43(55)41(53)42(54)44(58-45)46(56)57)38(51)34-32-30-28-26-24-22-20-18-16-14-12-10-8-6-4-2/h36,38,40-45,51,53-55H,3-35H2,1-2H3,(H,47,52)(H,56,57)/t38-,40+,41+,42-,43-,44+,45+/m1/s1. The number of hydrogen-bond donors (Lipinski definition) is 6. The Bertz CT molecular complexity index is 1150. The van der Waals surface area contributed by atoms with Gasteiger partial charge in [-0.3, -0.25) is 4.79 Å². The van der Waals surface area contributed by atoms with Crippen LogP contribution in [0.4, 0.5) is 0 Å². The molecule has 0 unspecified atom stereocenters. The summed E-state index contributed by atoms with van der Waals surface area (Å²) in [4.78, 5) is 24.8. The van der Waals surface area contributed by atoms with Gasteiger partial charge in [-0.25, -0.2) is 9.48 Å². The number of hydrogen-bond acceptors (Lipinski definition) is 9. The van der Waals surface area contributed by atoms with Crippen molar-refractivity contribution in [1.29, 1.82) is 0 Å². The number of nitrogens with one attached hydrogen (secondary N) is 1. The lowest BCUT2D eigenvalue weighted by Gasteiger charge is -2.38. The van der Waals surface area contributed by atoms with Crippen LogP contribution >= 0.6 is 0 Å². The number of carboxylic acids is 1. The molecule has 0 saturated carbocycles. The third kappa shape index (κ3) is 22.5. The highest BCUT2D eigenvalue weighted by molar-refractivity contribution is 5.76. The minimum absolute atomic E-state index is 0.195. The zero-order valence-corrected chi connectivity index (χ0v) is 36.8. The molecular formula is C46H86N4O8. The number of carbonyl (C=O) groups is 2. The van der Waals surface area contributed by atoms with Crippen LogP contribution in [0.1, 0.15) is 244 Å². The van der Waals surface area contributed by atoms with Gasteiger partial charge in [-0.15, -0.1) is 5.10 Å². The number of carboxylic acid groups (broad SMARTS) is 1. The van der Waals surface area contributed by atoms with Crippen molar-refractivity contribution in [1.82, 2.24) is 20.3 Å². The highest BCUT2D eigenvalue weighted by Crippen LogP contribution is 2.29. The van der Waals surface area contributed by atoms with Gasteiger partial charge in [0.1, 0.15) is 30.0 Å². The van der Waals surface area contributed by atoms with Crippen LogP contribution in [0.3, 0.4) is 0 Å². The molecule has 12 nitrogen and oxygen atoms in total. The monoisotopic (exact) mass is 823 g/mol. The van der Waals surface area contributed by atoms with Gasteiger partial charge in [0.25, 0.3) is 0 Å². The molecule has 1 amide bonds. The van der Waals surface area contributed by atoms with Gasteiger partial charge >= 0.3 is 5.97 Å². The van der Waals surface area contributed by atoms with Crippen molar-refractivity contribution in [3.63, 3.8) is 0 Å². The Kier molecular flexibility index (Phi) is 30.1. The van der Waals surface area contributed by atoms with Crippen molar-refractivity contribution in [2.75, 3.05) is 0 Å².